The third-order valence-electron chi connectivity index (χ3n) is 3.48. The largest absolute Gasteiger partial charge is 0.464 e. The maximum atomic E-state index is 11.7. The summed E-state index contributed by atoms with van der Waals surface area (Å²) in [5, 5.41) is 14.6. The molecule has 0 spiro atoms. The average molecular weight is 307 g/mol. The van der Waals surface area contributed by atoms with E-state index in [-0.39, 0.29) is 13.3 Å². The number of benzene rings is 1. The van der Waals surface area contributed by atoms with Crippen molar-refractivity contribution < 1.29 is 19.4 Å². The van der Waals surface area contributed by atoms with E-state index in [0.29, 0.717) is 13.1 Å². The van der Waals surface area contributed by atoms with E-state index in [1.54, 1.807) is 5.01 Å². The highest BCUT2D eigenvalue weighted by Gasteiger charge is 2.23. The Balaban J connectivity index is 1.76. The Kier molecular flexibility index (Phi) is 6.02. The second-order valence-corrected chi connectivity index (χ2v) is 5.09. The summed E-state index contributed by atoms with van der Waals surface area (Å²) in [6.07, 6.45) is 1.32. The van der Waals surface area contributed by atoms with Crippen LogP contribution in [0.3, 0.4) is 0 Å². The first-order valence-corrected chi connectivity index (χ1v) is 7.36. The first kappa shape index (κ1) is 16.1. The van der Waals surface area contributed by atoms with Gasteiger partial charge in [0.25, 0.3) is 0 Å². The molecule has 0 saturated carbocycles. The highest BCUT2D eigenvalue weighted by Crippen LogP contribution is 2.11. The lowest BCUT2D eigenvalue weighted by Gasteiger charge is -2.35. The minimum Gasteiger partial charge on any atom is -0.464 e. The minimum atomic E-state index is -1.08. The van der Waals surface area contributed by atoms with Crippen molar-refractivity contribution in [2.75, 3.05) is 19.8 Å². The number of carbonyl (C=O) groups excluding carboxylic acids is 1. The van der Waals surface area contributed by atoms with Gasteiger partial charge in [-0.3, -0.25) is 0 Å². The third kappa shape index (κ3) is 4.92. The van der Waals surface area contributed by atoms with Gasteiger partial charge in [0.1, 0.15) is 13.3 Å². The molecule has 1 aromatic rings. The third-order valence-corrected chi connectivity index (χ3v) is 3.48. The van der Waals surface area contributed by atoms with E-state index in [1.807, 2.05) is 30.3 Å². The summed E-state index contributed by atoms with van der Waals surface area (Å²) in [6.45, 7) is 1.42. The van der Waals surface area contributed by atoms with Crippen LogP contribution in [0.25, 0.3) is 0 Å². The van der Waals surface area contributed by atoms with E-state index < -0.39 is 12.2 Å². The molecule has 0 unspecified atom stereocenters. The number of ether oxygens (including phenoxy) is 1. The molecule has 0 bridgehead atoms. The first-order chi connectivity index (χ1) is 10.7. The molecule has 1 aliphatic heterocycles. The summed E-state index contributed by atoms with van der Waals surface area (Å²) in [7, 11) is 0. The van der Waals surface area contributed by atoms with Crippen molar-refractivity contribution in [2.45, 2.75) is 25.9 Å². The second-order valence-electron chi connectivity index (χ2n) is 5.09. The van der Waals surface area contributed by atoms with Crippen molar-refractivity contribution in [3.05, 3.63) is 35.9 Å². The predicted octanol–water partition coefficient (Wildman–Crippen LogP) is 2.25. The maximum absolute atomic E-state index is 11.7. The SMILES string of the molecule is O=C(NCN(C(=O)O)N1CCCCC1)OCc1ccccc1. The van der Waals surface area contributed by atoms with Crippen LogP contribution in [0.4, 0.5) is 9.59 Å². The van der Waals surface area contributed by atoms with Crippen LogP contribution in [0.5, 0.6) is 0 Å². The molecule has 2 rings (SSSR count). The fourth-order valence-electron chi connectivity index (χ4n) is 2.32. The molecule has 0 atom stereocenters. The number of alkyl carbamates (subject to hydrolysis) is 1. The highest BCUT2D eigenvalue weighted by molar-refractivity contribution is 5.69. The monoisotopic (exact) mass is 307 g/mol. The van der Waals surface area contributed by atoms with Crippen LogP contribution in [0.15, 0.2) is 30.3 Å². The number of amides is 2. The summed E-state index contributed by atoms with van der Waals surface area (Å²) in [5.74, 6) is 0. The van der Waals surface area contributed by atoms with Crippen LogP contribution in [0, 0.1) is 0 Å². The summed E-state index contributed by atoms with van der Waals surface area (Å²) < 4.78 is 5.06. The number of nitrogens with zero attached hydrogens (tertiary/aromatic N) is 2. The molecular formula is C15H21N3O4. The fourth-order valence-corrected chi connectivity index (χ4v) is 2.32. The lowest BCUT2D eigenvalue weighted by Crippen LogP contribution is -2.52. The molecule has 1 heterocycles. The topological polar surface area (TPSA) is 82.1 Å². The van der Waals surface area contributed by atoms with Gasteiger partial charge in [-0.1, -0.05) is 36.8 Å². The van der Waals surface area contributed by atoms with E-state index >= 15 is 0 Å². The Morgan fingerprint density at radius 2 is 1.86 bits per heavy atom. The Labute approximate surface area is 129 Å². The number of carbonyl (C=O) groups is 2. The lowest BCUT2D eigenvalue weighted by molar-refractivity contribution is -0.0268. The van der Waals surface area contributed by atoms with Crippen molar-refractivity contribution >= 4 is 12.2 Å². The van der Waals surface area contributed by atoms with Gasteiger partial charge in [0, 0.05) is 13.1 Å². The molecular weight excluding hydrogens is 286 g/mol. The summed E-state index contributed by atoms with van der Waals surface area (Å²) in [4.78, 5) is 22.9. The van der Waals surface area contributed by atoms with E-state index in [0.717, 1.165) is 29.8 Å². The zero-order valence-electron chi connectivity index (χ0n) is 12.4. The standard InChI is InChI=1S/C15H21N3O4/c19-14(22-11-13-7-3-1-4-8-13)16-12-18(15(20)21)17-9-5-2-6-10-17/h1,3-4,7-8H,2,5-6,9-12H2,(H,16,19)(H,20,21). The van der Waals surface area contributed by atoms with E-state index in [1.165, 1.54) is 0 Å². The predicted molar refractivity (Wildman–Crippen MR) is 79.9 cm³/mol. The molecule has 2 N–H and O–H groups in total. The molecule has 120 valence electrons. The fraction of sp³-hybridized carbons (Fsp3) is 0.467. The van der Waals surface area contributed by atoms with Crippen molar-refractivity contribution in [3.8, 4) is 0 Å². The van der Waals surface area contributed by atoms with Crippen LogP contribution < -0.4 is 5.32 Å². The molecule has 1 saturated heterocycles. The average Bonchev–Trinajstić information content (AvgIpc) is 2.55. The molecule has 1 aliphatic rings. The van der Waals surface area contributed by atoms with Gasteiger partial charge in [-0.15, -0.1) is 0 Å². The number of hydrogen-bond donors (Lipinski definition) is 2. The van der Waals surface area contributed by atoms with Crippen LogP contribution in [-0.2, 0) is 11.3 Å². The number of carboxylic acid groups (broad SMARTS) is 1. The number of hydrazine groups is 1. The van der Waals surface area contributed by atoms with Crippen molar-refractivity contribution in [3.63, 3.8) is 0 Å². The number of nitrogens with one attached hydrogen (secondary N) is 1. The summed E-state index contributed by atoms with van der Waals surface area (Å²) >= 11 is 0. The summed E-state index contributed by atoms with van der Waals surface area (Å²) in [5.41, 5.74) is 0.878. The van der Waals surface area contributed by atoms with E-state index in [9.17, 15) is 14.7 Å². The number of piperidine rings is 1. The molecule has 2 amide bonds. The van der Waals surface area contributed by atoms with Crippen molar-refractivity contribution in [1.82, 2.24) is 15.3 Å². The molecule has 22 heavy (non-hydrogen) atoms. The Morgan fingerprint density at radius 1 is 1.18 bits per heavy atom. The minimum absolute atomic E-state index is 0.108. The Hall–Kier alpha value is -2.28. The van der Waals surface area contributed by atoms with Gasteiger partial charge in [-0.25, -0.2) is 19.6 Å². The number of rotatable bonds is 5. The van der Waals surface area contributed by atoms with Gasteiger partial charge >= 0.3 is 12.2 Å². The van der Waals surface area contributed by atoms with Crippen molar-refractivity contribution in [2.24, 2.45) is 0 Å². The second kappa shape index (κ2) is 8.23. The summed E-state index contributed by atoms with van der Waals surface area (Å²) in [6, 6.07) is 9.31. The van der Waals surface area contributed by atoms with Gasteiger partial charge in [0.2, 0.25) is 0 Å². The normalized spacial score (nSPS) is 15.1. The molecule has 7 heteroatoms. The maximum Gasteiger partial charge on any atom is 0.423 e. The zero-order chi connectivity index (χ0) is 15.8. The van der Waals surface area contributed by atoms with E-state index in [4.69, 9.17) is 4.74 Å². The van der Waals surface area contributed by atoms with Gasteiger partial charge in [0.05, 0.1) is 0 Å². The molecule has 1 fully saturated rings. The van der Waals surface area contributed by atoms with Crippen LogP contribution in [0.1, 0.15) is 24.8 Å². The number of hydrogen-bond acceptors (Lipinski definition) is 4. The quantitative estimate of drug-likeness (QED) is 0.815. The van der Waals surface area contributed by atoms with E-state index in [2.05, 4.69) is 5.32 Å². The van der Waals surface area contributed by atoms with Gasteiger partial charge in [-0.05, 0) is 18.4 Å². The molecule has 0 aliphatic carbocycles. The van der Waals surface area contributed by atoms with Crippen molar-refractivity contribution in [1.29, 1.82) is 0 Å². The van der Waals surface area contributed by atoms with Crippen LogP contribution in [0.2, 0.25) is 0 Å². The van der Waals surface area contributed by atoms with Gasteiger partial charge in [0.15, 0.2) is 0 Å². The molecule has 0 aromatic heterocycles. The smallest absolute Gasteiger partial charge is 0.423 e. The Morgan fingerprint density at radius 3 is 2.50 bits per heavy atom. The Bertz CT molecular complexity index is 489. The van der Waals surface area contributed by atoms with Crippen LogP contribution in [-0.4, -0.2) is 47.1 Å². The van der Waals surface area contributed by atoms with Crippen LogP contribution >= 0.6 is 0 Å². The molecule has 7 nitrogen and oxygen atoms in total. The first-order valence-electron chi connectivity index (χ1n) is 7.36. The van der Waals surface area contributed by atoms with Gasteiger partial charge < -0.3 is 15.2 Å². The highest BCUT2D eigenvalue weighted by atomic mass is 16.5. The lowest BCUT2D eigenvalue weighted by atomic mass is 10.2. The van der Waals surface area contributed by atoms with Gasteiger partial charge in [-0.2, -0.15) is 0 Å². The molecule has 0 radical (unpaired) electrons. The zero-order valence-corrected chi connectivity index (χ0v) is 12.4. The molecule has 1 aromatic carbocycles.